The number of carbonyl (C=O) groups is 3. The van der Waals surface area contributed by atoms with Crippen molar-refractivity contribution < 1.29 is 19.1 Å². The molecule has 1 unspecified atom stereocenters. The van der Waals surface area contributed by atoms with Crippen LogP contribution in [0.4, 0.5) is 0 Å². The van der Waals surface area contributed by atoms with Crippen molar-refractivity contribution in [3.63, 3.8) is 0 Å². The third-order valence-corrected chi connectivity index (χ3v) is 8.44. The number of fused-ring (bicyclic) bond motifs is 1. The summed E-state index contributed by atoms with van der Waals surface area (Å²) in [5, 5.41) is 6.68. The maximum atomic E-state index is 13.6. The number of hydrogen-bond acceptors (Lipinski definition) is 8. The predicted molar refractivity (Wildman–Crippen MR) is 147 cm³/mol. The minimum absolute atomic E-state index is 0.0534. The highest BCUT2D eigenvalue weighted by molar-refractivity contribution is 7.08. The summed E-state index contributed by atoms with van der Waals surface area (Å²) in [6, 6.07) is 15.1. The van der Waals surface area contributed by atoms with Crippen LogP contribution in [-0.2, 0) is 16.1 Å². The minimum Gasteiger partial charge on any atom is -0.491 e. The molecule has 2 saturated heterocycles. The second-order valence-corrected chi connectivity index (χ2v) is 10.9. The smallest absolute Gasteiger partial charge is 0.268 e. The van der Waals surface area contributed by atoms with Crippen molar-refractivity contribution in [3.8, 4) is 17.0 Å². The van der Waals surface area contributed by atoms with Crippen LogP contribution in [0.3, 0.4) is 0 Å². The van der Waals surface area contributed by atoms with E-state index in [0.29, 0.717) is 48.9 Å². The highest BCUT2D eigenvalue weighted by atomic mass is 32.1. The number of nitrogens with zero attached hydrogens (tertiary/aromatic N) is 4. The summed E-state index contributed by atoms with van der Waals surface area (Å²) >= 11 is 1.14. The van der Waals surface area contributed by atoms with E-state index in [1.807, 2.05) is 58.3 Å². The normalized spacial score (nSPS) is 21.1. The van der Waals surface area contributed by atoms with Crippen LogP contribution in [0.2, 0.25) is 0 Å². The highest BCUT2D eigenvalue weighted by Gasteiger charge is 2.36. The summed E-state index contributed by atoms with van der Waals surface area (Å²) in [7, 11) is 0. The predicted octanol–water partition coefficient (Wildman–Crippen LogP) is 3.87. The molecule has 10 heteroatoms. The largest absolute Gasteiger partial charge is 0.491 e. The number of hydrogen-bond donors (Lipinski definition) is 1. The maximum absolute atomic E-state index is 13.6. The van der Waals surface area contributed by atoms with E-state index in [1.54, 1.807) is 0 Å². The SMILES string of the molecule is C=C1c2ccc(OC[C@@H]3CCCCN3C(=O)c3snnc3-c3ccccc3)cc2CN1C1CCC(=O)NC1=O. The van der Waals surface area contributed by atoms with Gasteiger partial charge in [0.05, 0.1) is 6.04 Å². The fourth-order valence-electron chi connectivity index (χ4n) is 5.66. The van der Waals surface area contributed by atoms with Crippen LogP contribution < -0.4 is 10.1 Å². The topological polar surface area (TPSA) is 105 Å². The Bertz CT molecular complexity index is 1440. The Labute approximate surface area is 230 Å². The van der Waals surface area contributed by atoms with Crippen molar-refractivity contribution in [1.29, 1.82) is 0 Å². The Morgan fingerprint density at radius 3 is 2.79 bits per heavy atom. The van der Waals surface area contributed by atoms with Crippen LogP contribution in [0.25, 0.3) is 17.0 Å². The Morgan fingerprint density at radius 2 is 1.97 bits per heavy atom. The van der Waals surface area contributed by atoms with Crippen molar-refractivity contribution in [1.82, 2.24) is 24.7 Å². The van der Waals surface area contributed by atoms with E-state index in [2.05, 4.69) is 21.5 Å². The molecule has 3 aliphatic heterocycles. The first-order valence-electron chi connectivity index (χ1n) is 13.2. The van der Waals surface area contributed by atoms with Crippen molar-refractivity contribution in [2.75, 3.05) is 13.2 Å². The molecular formula is C29H29N5O4S. The Balaban J connectivity index is 1.14. The molecule has 0 spiro atoms. The van der Waals surface area contributed by atoms with Gasteiger partial charge in [-0.3, -0.25) is 19.7 Å². The summed E-state index contributed by atoms with van der Waals surface area (Å²) in [6.45, 7) is 5.79. The van der Waals surface area contributed by atoms with Gasteiger partial charge in [-0.2, -0.15) is 0 Å². The van der Waals surface area contributed by atoms with E-state index in [4.69, 9.17) is 4.74 Å². The first kappa shape index (κ1) is 25.2. The number of imide groups is 1. The standard InChI is InChI=1S/C29H29N5O4S/c1-18-23-11-10-22(15-20(23)16-34(18)24-12-13-25(35)30-28(24)36)38-17-21-9-5-6-14-33(21)29(37)27-26(31-32-39-27)19-7-3-2-4-8-19/h2-4,7-8,10-11,15,21,24H,1,5-6,9,12-14,16-17H2,(H,30,35,36)/t21-,24?/m0/s1. The number of nitrogens with one attached hydrogen (secondary N) is 1. The molecule has 1 N–H and O–H groups in total. The number of rotatable bonds is 6. The van der Waals surface area contributed by atoms with Gasteiger partial charge in [0.2, 0.25) is 11.8 Å². The van der Waals surface area contributed by atoms with Gasteiger partial charge in [-0.05, 0) is 61.0 Å². The molecule has 0 radical (unpaired) electrons. The molecule has 200 valence electrons. The third kappa shape index (κ3) is 4.92. The molecule has 9 nitrogen and oxygen atoms in total. The molecule has 6 rings (SSSR count). The summed E-state index contributed by atoms with van der Waals surface area (Å²) in [5.74, 6) is 0.161. The van der Waals surface area contributed by atoms with E-state index in [0.717, 1.165) is 53.2 Å². The fraction of sp³-hybridized carbons (Fsp3) is 0.345. The van der Waals surface area contributed by atoms with E-state index in [1.165, 1.54) is 0 Å². The van der Waals surface area contributed by atoms with Crippen LogP contribution in [0.1, 0.15) is 52.9 Å². The second-order valence-electron chi connectivity index (χ2n) is 10.1. The second kappa shape index (κ2) is 10.6. The van der Waals surface area contributed by atoms with E-state index in [9.17, 15) is 14.4 Å². The van der Waals surface area contributed by atoms with E-state index in [-0.39, 0.29) is 23.8 Å². The summed E-state index contributed by atoms with van der Waals surface area (Å²) in [5.41, 5.74) is 4.29. The number of ether oxygens (including phenoxy) is 1. The van der Waals surface area contributed by atoms with Gasteiger partial charge in [-0.1, -0.05) is 41.4 Å². The van der Waals surface area contributed by atoms with Gasteiger partial charge < -0.3 is 14.5 Å². The fourth-order valence-corrected chi connectivity index (χ4v) is 6.31. The number of amides is 3. The zero-order valence-electron chi connectivity index (χ0n) is 21.5. The molecule has 4 heterocycles. The van der Waals surface area contributed by atoms with Crippen LogP contribution >= 0.6 is 11.5 Å². The van der Waals surface area contributed by atoms with Crippen molar-refractivity contribution in [3.05, 3.63) is 71.1 Å². The number of aromatic nitrogens is 2. The Morgan fingerprint density at radius 1 is 1.13 bits per heavy atom. The van der Waals surface area contributed by atoms with Gasteiger partial charge in [0.25, 0.3) is 5.91 Å². The summed E-state index contributed by atoms with van der Waals surface area (Å²) in [6.07, 6.45) is 3.66. The van der Waals surface area contributed by atoms with Gasteiger partial charge in [0, 0.05) is 36.3 Å². The lowest BCUT2D eigenvalue weighted by atomic mass is 10.0. The van der Waals surface area contributed by atoms with Crippen LogP contribution in [-0.4, -0.2) is 62.3 Å². The Hall–Kier alpha value is -4.05. The van der Waals surface area contributed by atoms with Gasteiger partial charge in [-0.15, -0.1) is 5.10 Å². The lowest BCUT2D eigenvalue weighted by Crippen LogP contribution is -2.50. The zero-order chi connectivity index (χ0) is 26.9. The quantitative estimate of drug-likeness (QED) is 0.471. The van der Waals surface area contributed by atoms with Gasteiger partial charge in [0.15, 0.2) is 0 Å². The van der Waals surface area contributed by atoms with Crippen LogP contribution in [0, 0.1) is 0 Å². The van der Waals surface area contributed by atoms with Gasteiger partial charge >= 0.3 is 0 Å². The molecule has 1 aromatic heterocycles. The number of benzene rings is 2. The average molecular weight is 544 g/mol. The molecule has 2 atom stereocenters. The molecule has 39 heavy (non-hydrogen) atoms. The van der Waals surface area contributed by atoms with E-state index < -0.39 is 6.04 Å². The molecule has 0 saturated carbocycles. The van der Waals surface area contributed by atoms with Crippen LogP contribution in [0.15, 0.2) is 55.1 Å². The van der Waals surface area contributed by atoms with Crippen molar-refractivity contribution in [2.45, 2.75) is 50.7 Å². The number of piperidine rings is 2. The first-order valence-corrected chi connectivity index (χ1v) is 14.0. The lowest BCUT2D eigenvalue weighted by molar-refractivity contribution is -0.136. The zero-order valence-corrected chi connectivity index (χ0v) is 22.3. The molecule has 2 aromatic carbocycles. The highest BCUT2D eigenvalue weighted by Crippen LogP contribution is 2.37. The summed E-state index contributed by atoms with van der Waals surface area (Å²) in [4.78, 5) is 42.1. The van der Waals surface area contributed by atoms with Crippen molar-refractivity contribution >= 4 is 35.0 Å². The first-order chi connectivity index (χ1) is 19.0. The molecule has 3 amide bonds. The van der Waals surface area contributed by atoms with Crippen LogP contribution in [0.5, 0.6) is 5.75 Å². The van der Waals surface area contributed by atoms with Gasteiger partial charge in [0.1, 0.15) is 29.0 Å². The maximum Gasteiger partial charge on any atom is 0.268 e. The monoisotopic (exact) mass is 543 g/mol. The number of likely N-dealkylation sites (tertiary alicyclic amines) is 1. The lowest BCUT2D eigenvalue weighted by Gasteiger charge is -2.35. The third-order valence-electron chi connectivity index (χ3n) is 7.72. The summed E-state index contributed by atoms with van der Waals surface area (Å²) < 4.78 is 10.3. The van der Waals surface area contributed by atoms with Gasteiger partial charge in [-0.25, -0.2) is 0 Å². The van der Waals surface area contributed by atoms with E-state index >= 15 is 0 Å². The average Bonchev–Trinajstić information content (AvgIpc) is 3.57. The molecule has 2 fully saturated rings. The minimum atomic E-state index is -0.407. The molecule has 0 bridgehead atoms. The Kier molecular flexibility index (Phi) is 6.86. The molecular weight excluding hydrogens is 514 g/mol. The van der Waals surface area contributed by atoms with Crippen molar-refractivity contribution in [2.24, 2.45) is 0 Å². The molecule has 3 aromatic rings. The number of carbonyl (C=O) groups excluding carboxylic acids is 3. The molecule has 0 aliphatic carbocycles. The molecule has 3 aliphatic rings.